The average molecular weight is 216 g/mol. The van der Waals surface area contributed by atoms with Crippen LogP contribution in [0.2, 0.25) is 0 Å². The Labute approximate surface area is 87.9 Å². The van der Waals surface area contributed by atoms with Crippen molar-refractivity contribution in [3.8, 4) is 0 Å². The number of methoxy groups -OCH3 is 1. The fourth-order valence-corrected chi connectivity index (χ4v) is 1.79. The maximum absolute atomic E-state index is 5.82. The summed E-state index contributed by atoms with van der Waals surface area (Å²) in [6.45, 7) is 3.22. The van der Waals surface area contributed by atoms with Crippen LogP contribution in [0.3, 0.4) is 0 Å². The molecular formula is C8H16N4OS. The molecular weight excluding hydrogens is 200 g/mol. The molecule has 1 atom stereocenters. The van der Waals surface area contributed by atoms with Crippen molar-refractivity contribution in [1.82, 2.24) is 10.2 Å². The van der Waals surface area contributed by atoms with E-state index in [1.165, 1.54) is 0 Å². The smallest absolute Gasteiger partial charge is 0.208 e. The number of anilines is 1. The molecule has 0 fully saturated rings. The largest absolute Gasteiger partial charge is 0.383 e. The van der Waals surface area contributed by atoms with Crippen molar-refractivity contribution in [2.45, 2.75) is 13.0 Å². The summed E-state index contributed by atoms with van der Waals surface area (Å²) in [5.41, 5.74) is 5.82. The van der Waals surface area contributed by atoms with Gasteiger partial charge in [0.1, 0.15) is 5.01 Å². The molecule has 0 aliphatic heterocycles. The Bertz CT molecular complexity index is 278. The van der Waals surface area contributed by atoms with Crippen LogP contribution in [0.1, 0.15) is 5.01 Å². The van der Waals surface area contributed by atoms with Gasteiger partial charge in [-0.05, 0) is 6.92 Å². The summed E-state index contributed by atoms with van der Waals surface area (Å²) >= 11 is 1.56. The first kappa shape index (κ1) is 11.4. The Kier molecular flexibility index (Phi) is 4.24. The van der Waals surface area contributed by atoms with Crippen LogP contribution in [-0.4, -0.2) is 43.5 Å². The minimum absolute atomic E-state index is 0.00852. The highest BCUT2D eigenvalue weighted by Gasteiger charge is 2.10. The highest BCUT2D eigenvalue weighted by molar-refractivity contribution is 7.15. The Hall–Kier alpha value is -0.720. The van der Waals surface area contributed by atoms with E-state index in [0.29, 0.717) is 6.61 Å². The molecule has 0 bridgehead atoms. The van der Waals surface area contributed by atoms with Gasteiger partial charge < -0.3 is 15.4 Å². The van der Waals surface area contributed by atoms with Crippen LogP contribution in [0.5, 0.6) is 0 Å². The molecule has 0 aliphatic rings. The number of aryl methyl sites for hydroxylation is 1. The molecule has 1 aromatic heterocycles. The summed E-state index contributed by atoms with van der Waals surface area (Å²) in [6, 6.07) is 0.00852. The molecule has 2 N–H and O–H groups in total. The average Bonchev–Trinajstić information content (AvgIpc) is 2.52. The predicted octanol–water partition coefficient (Wildman–Crippen LogP) is 0.256. The lowest BCUT2D eigenvalue weighted by molar-refractivity contribution is 0.181. The molecule has 6 heteroatoms. The third kappa shape index (κ3) is 3.21. The minimum Gasteiger partial charge on any atom is -0.383 e. The summed E-state index contributed by atoms with van der Waals surface area (Å²) in [7, 11) is 3.60. The second kappa shape index (κ2) is 5.23. The van der Waals surface area contributed by atoms with Crippen LogP contribution in [0, 0.1) is 6.92 Å². The van der Waals surface area contributed by atoms with Gasteiger partial charge in [-0.15, -0.1) is 10.2 Å². The summed E-state index contributed by atoms with van der Waals surface area (Å²) in [5.74, 6) is 0. The first-order valence-corrected chi connectivity index (χ1v) is 5.21. The van der Waals surface area contributed by atoms with Crippen molar-refractivity contribution in [1.29, 1.82) is 0 Å². The first-order valence-electron chi connectivity index (χ1n) is 4.39. The van der Waals surface area contributed by atoms with Crippen LogP contribution in [0.4, 0.5) is 5.13 Å². The van der Waals surface area contributed by atoms with Gasteiger partial charge in [0.05, 0.1) is 6.61 Å². The van der Waals surface area contributed by atoms with Crippen molar-refractivity contribution in [3.63, 3.8) is 0 Å². The summed E-state index contributed by atoms with van der Waals surface area (Å²) < 4.78 is 4.96. The zero-order valence-electron chi connectivity index (χ0n) is 8.73. The number of hydrogen-bond acceptors (Lipinski definition) is 6. The molecule has 0 spiro atoms. The molecule has 0 radical (unpaired) electrons. The van der Waals surface area contributed by atoms with Crippen molar-refractivity contribution in [2.24, 2.45) is 5.73 Å². The zero-order valence-corrected chi connectivity index (χ0v) is 9.54. The van der Waals surface area contributed by atoms with E-state index in [1.54, 1.807) is 18.4 Å². The van der Waals surface area contributed by atoms with Crippen molar-refractivity contribution < 1.29 is 4.74 Å². The van der Waals surface area contributed by atoms with Crippen LogP contribution in [0.25, 0.3) is 0 Å². The van der Waals surface area contributed by atoms with E-state index in [2.05, 4.69) is 10.2 Å². The number of ether oxygens (including phenoxy) is 1. The first-order chi connectivity index (χ1) is 6.63. The molecule has 0 saturated heterocycles. The lowest BCUT2D eigenvalue weighted by atomic mass is 10.3. The van der Waals surface area contributed by atoms with E-state index in [-0.39, 0.29) is 6.04 Å². The summed E-state index contributed by atoms with van der Waals surface area (Å²) in [5, 5.41) is 9.83. The van der Waals surface area contributed by atoms with Crippen molar-refractivity contribution in [2.75, 3.05) is 32.2 Å². The fraction of sp³-hybridized carbons (Fsp3) is 0.750. The number of likely N-dealkylation sites (N-methyl/N-ethyl adjacent to an activating group) is 1. The van der Waals surface area contributed by atoms with Gasteiger partial charge in [0.15, 0.2) is 0 Å². The topological polar surface area (TPSA) is 64.3 Å². The highest BCUT2D eigenvalue weighted by Crippen LogP contribution is 2.17. The monoisotopic (exact) mass is 216 g/mol. The normalized spacial score (nSPS) is 12.9. The van der Waals surface area contributed by atoms with E-state index >= 15 is 0 Å². The van der Waals surface area contributed by atoms with Gasteiger partial charge in [-0.2, -0.15) is 0 Å². The van der Waals surface area contributed by atoms with E-state index in [4.69, 9.17) is 10.5 Å². The number of hydrogen-bond donors (Lipinski definition) is 1. The van der Waals surface area contributed by atoms with Gasteiger partial charge in [0, 0.05) is 26.7 Å². The van der Waals surface area contributed by atoms with E-state index in [9.17, 15) is 0 Å². The van der Waals surface area contributed by atoms with Crippen LogP contribution >= 0.6 is 11.3 Å². The van der Waals surface area contributed by atoms with Crippen LogP contribution < -0.4 is 10.6 Å². The van der Waals surface area contributed by atoms with Crippen LogP contribution in [0.15, 0.2) is 0 Å². The summed E-state index contributed by atoms with van der Waals surface area (Å²) in [4.78, 5) is 1.99. The molecule has 0 aromatic carbocycles. The van der Waals surface area contributed by atoms with Gasteiger partial charge in [-0.25, -0.2) is 0 Å². The molecule has 14 heavy (non-hydrogen) atoms. The van der Waals surface area contributed by atoms with Gasteiger partial charge >= 0.3 is 0 Å². The van der Waals surface area contributed by atoms with Gasteiger partial charge in [0.25, 0.3) is 0 Å². The van der Waals surface area contributed by atoms with E-state index in [0.717, 1.165) is 16.7 Å². The second-order valence-corrected chi connectivity index (χ2v) is 4.36. The highest BCUT2D eigenvalue weighted by atomic mass is 32.1. The molecule has 5 nitrogen and oxygen atoms in total. The van der Waals surface area contributed by atoms with Gasteiger partial charge in [-0.3, -0.25) is 0 Å². The number of nitrogens with two attached hydrogens (primary N) is 1. The maximum Gasteiger partial charge on any atom is 0.208 e. The van der Waals surface area contributed by atoms with Gasteiger partial charge in [-0.1, -0.05) is 11.3 Å². The minimum atomic E-state index is 0.00852. The zero-order chi connectivity index (χ0) is 10.6. The Morgan fingerprint density at radius 3 is 2.79 bits per heavy atom. The van der Waals surface area contributed by atoms with Gasteiger partial charge in [0.2, 0.25) is 5.13 Å². The SMILES string of the molecule is COCC(N)CN(C)c1nnc(C)s1. The standard InChI is InChI=1S/C8H16N4OS/c1-6-10-11-8(14-6)12(2)4-7(9)5-13-3/h7H,4-5,9H2,1-3H3. The summed E-state index contributed by atoms with van der Waals surface area (Å²) in [6.07, 6.45) is 0. The quantitative estimate of drug-likeness (QED) is 0.764. The van der Waals surface area contributed by atoms with E-state index < -0.39 is 0 Å². The van der Waals surface area contributed by atoms with E-state index in [1.807, 2.05) is 18.9 Å². The molecule has 0 amide bonds. The number of rotatable bonds is 5. The third-order valence-electron chi connectivity index (χ3n) is 1.73. The lowest BCUT2D eigenvalue weighted by Gasteiger charge is -2.19. The molecule has 80 valence electrons. The number of aromatic nitrogens is 2. The molecule has 1 rings (SSSR count). The third-order valence-corrected chi connectivity index (χ3v) is 2.68. The second-order valence-electron chi connectivity index (χ2n) is 3.20. The fourth-order valence-electron chi connectivity index (χ4n) is 1.14. The Balaban J connectivity index is 2.45. The molecule has 0 aliphatic carbocycles. The van der Waals surface area contributed by atoms with Crippen molar-refractivity contribution in [3.05, 3.63) is 5.01 Å². The Morgan fingerprint density at radius 2 is 2.29 bits per heavy atom. The molecule has 1 unspecified atom stereocenters. The predicted molar refractivity (Wildman–Crippen MR) is 57.8 cm³/mol. The molecule has 0 saturated carbocycles. The lowest BCUT2D eigenvalue weighted by Crippen LogP contribution is -2.38. The number of nitrogens with zero attached hydrogens (tertiary/aromatic N) is 3. The molecule has 1 aromatic rings. The van der Waals surface area contributed by atoms with Crippen molar-refractivity contribution >= 4 is 16.5 Å². The maximum atomic E-state index is 5.82. The Morgan fingerprint density at radius 1 is 1.57 bits per heavy atom. The molecule has 1 heterocycles. The van der Waals surface area contributed by atoms with Crippen LogP contribution in [-0.2, 0) is 4.74 Å².